The predicted molar refractivity (Wildman–Crippen MR) is 22.2 cm³/mol. The van der Waals surface area contributed by atoms with E-state index in [4.69, 9.17) is 5.14 Å². The van der Waals surface area contributed by atoms with Crippen LogP contribution in [0.15, 0.2) is 0 Å². The highest BCUT2D eigenvalue weighted by Gasteiger charge is 1.60. The first-order valence-corrected chi connectivity index (χ1v) is 1.86. The molecule has 0 aromatic carbocycles. The highest BCUT2D eigenvalue weighted by Crippen LogP contribution is 1.59. The van der Waals surface area contributed by atoms with Gasteiger partial charge in [-0.15, -0.1) is 0 Å². The largest absolute Gasteiger partial charge is 0.263 e. The minimum atomic E-state index is 0.916. The molecular formula is H6N4S. The van der Waals surface area contributed by atoms with Gasteiger partial charge in [0.15, 0.2) is 0 Å². The standard InChI is InChI=1S/H6N4S/c1-3-4-5-2/h3-4H,1-2H2. The van der Waals surface area contributed by atoms with Gasteiger partial charge in [0, 0.05) is 12.1 Å². The second kappa shape index (κ2) is 4.19. The van der Waals surface area contributed by atoms with Gasteiger partial charge >= 0.3 is 0 Å². The average molecular weight is 94.1 g/mol. The average Bonchev–Trinajstić information content (AvgIpc) is 1.41. The summed E-state index contributed by atoms with van der Waals surface area (Å²) in [4.78, 5) is 2.33. The van der Waals surface area contributed by atoms with E-state index in [0.717, 1.165) is 12.1 Å². The molecule has 0 amide bonds. The summed E-state index contributed by atoms with van der Waals surface area (Å²) >= 11 is 0.916. The fourth-order valence-electron chi connectivity index (χ4n) is 0.0340. The molecule has 0 aromatic heterocycles. The van der Waals surface area contributed by atoms with E-state index in [-0.39, 0.29) is 0 Å². The Balaban J connectivity index is 2.19. The van der Waals surface area contributed by atoms with Crippen molar-refractivity contribution in [3.63, 3.8) is 0 Å². The van der Waals surface area contributed by atoms with Gasteiger partial charge in [-0.3, -0.25) is 11.0 Å². The van der Waals surface area contributed by atoms with Crippen LogP contribution in [0.4, 0.5) is 0 Å². The van der Waals surface area contributed by atoms with Crippen LogP contribution in [0.1, 0.15) is 0 Å². The maximum atomic E-state index is 4.80. The molecule has 0 atom stereocenters. The Hall–Kier alpha value is 0.190. The van der Waals surface area contributed by atoms with Crippen LogP contribution >= 0.6 is 12.1 Å². The van der Waals surface area contributed by atoms with E-state index in [1.165, 1.54) is 0 Å². The third kappa shape index (κ3) is 4.19. The zero-order chi connectivity index (χ0) is 4.12. The number of hydrogen-bond acceptors (Lipinski definition) is 5. The Morgan fingerprint density at radius 1 is 1.60 bits per heavy atom. The van der Waals surface area contributed by atoms with Gasteiger partial charge in [0.1, 0.15) is 0 Å². The van der Waals surface area contributed by atoms with Crippen molar-refractivity contribution in [2.24, 2.45) is 11.0 Å². The summed E-state index contributed by atoms with van der Waals surface area (Å²) in [5.74, 6) is 4.68. The van der Waals surface area contributed by atoms with Gasteiger partial charge in [0.05, 0.1) is 0 Å². The number of rotatable bonds is 2. The second-order valence-corrected chi connectivity index (χ2v) is 0.804. The van der Waals surface area contributed by atoms with Crippen LogP contribution in [-0.2, 0) is 0 Å². The third-order valence-electron chi connectivity index (χ3n) is 0.118. The van der Waals surface area contributed by atoms with E-state index in [9.17, 15) is 0 Å². The fourth-order valence-corrected chi connectivity index (χ4v) is 0.102. The monoisotopic (exact) mass is 94.0 g/mol. The molecule has 0 heterocycles. The van der Waals surface area contributed by atoms with Crippen LogP contribution in [-0.4, -0.2) is 0 Å². The van der Waals surface area contributed by atoms with Gasteiger partial charge in [-0.05, 0) is 0 Å². The summed E-state index contributed by atoms with van der Waals surface area (Å²) in [5, 5.41) is 4.80. The quantitative estimate of drug-likeness (QED) is 0.190. The molecule has 0 unspecified atom stereocenters. The Kier molecular flexibility index (Phi) is 4.35. The molecule has 5 heavy (non-hydrogen) atoms. The van der Waals surface area contributed by atoms with Crippen LogP contribution in [0.2, 0.25) is 0 Å². The van der Waals surface area contributed by atoms with Crippen molar-refractivity contribution in [3.8, 4) is 0 Å². The molecule has 4 nitrogen and oxygen atoms in total. The highest BCUT2D eigenvalue weighted by atomic mass is 32.2. The molecule has 0 rings (SSSR count). The van der Waals surface area contributed by atoms with Crippen LogP contribution in [0.3, 0.4) is 0 Å². The first-order valence-electron chi connectivity index (χ1n) is 0.979. The van der Waals surface area contributed by atoms with Gasteiger partial charge < -0.3 is 0 Å². The Morgan fingerprint density at radius 3 is 2.20 bits per heavy atom. The van der Waals surface area contributed by atoms with Crippen molar-refractivity contribution < 1.29 is 0 Å². The van der Waals surface area contributed by atoms with Gasteiger partial charge in [-0.25, -0.2) is 0 Å². The molecule has 0 fully saturated rings. The summed E-state index contributed by atoms with van der Waals surface area (Å²) in [5.41, 5.74) is 2.11. The van der Waals surface area contributed by atoms with Crippen LogP contribution in [0.25, 0.3) is 0 Å². The molecule has 0 bridgehead atoms. The van der Waals surface area contributed by atoms with E-state index in [0.29, 0.717) is 0 Å². The van der Waals surface area contributed by atoms with Gasteiger partial charge in [-0.2, -0.15) is 10.4 Å². The molecule has 0 saturated carbocycles. The number of hydrogen-bond donors (Lipinski definition) is 4. The summed E-state index contributed by atoms with van der Waals surface area (Å²) in [6.45, 7) is 0. The summed E-state index contributed by atoms with van der Waals surface area (Å²) in [6, 6.07) is 0. The van der Waals surface area contributed by atoms with Gasteiger partial charge in [-0.1, -0.05) is 0 Å². The Labute approximate surface area is 34.5 Å². The van der Waals surface area contributed by atoms with Crippen molar-refractivity contribution in [2.75, 3.05) is 0 Å². The van der Waals surface area contributed by atoms with Gasteiger partial charge in [0.2, 0.25) is 0 Å². The first-order chi connectivity index (χ1) is 2.41. The predicted octanol–water partition coefficient (Wildman–Crippen LogP) is -1.52. The molecule has 0 radical (unpaired) electrons. The molecule has 6 N–H and O–H groups in total. The smallest absolute Gasteiger partial charge is 0.0165 e. The number of nitrogens with one attached hydrogen (secondary N) is 2. The van der Waals surface area contributed by atoms with Crippen LogP contribution < -0.4 is 21.3 Å². The lowest BCUT2D eigenvalue weighted by atomic mass is 12.6. The minimum absolute atomic E-state index is 0.916. The summed E-state index contributed by atoms with van der Waals surface area (Å²) in [7, 11) is 0. The van der Waals surface area contributed by atoms with Crippen molar-refractivity contribution >= 4 is 12.1 Å². The zero-order valence-electron chi connectivity index (χ0n) is 2.56. The fraction of sp³-hybridized carbons (Fsp3) is 0. The summed E-state index contributed by atoms with van der Waals surface area (Å²) in [6.07, 6.45) is 0. The lowest BCUT2D eigenvalue weighted by Crippen LogP contribution is -2.33. The van der Waals surface area contributed by atoms with E-state index < -0.39 is 0 Å². The van der Waals surface area contributed by atoms with E-state index in [1.54, 1.807) is 0 Å². The lowest BCUT2D eigenvalue weighted by Gasteiger charge is -1.88. The number of nitrogens with two attached hydrogens (primary N) is 2. The van der Waals surface area contributed by atoms with Crippen LogP contribution in [0.5, 0.6) is 0 Å². The molecule has 32 valence electrons. The van der Waals surface area contributed by atoms with E-state index >= 15 is 0 Å². The molecule has 0 aliphatic carbocycles. The van der Waals surface area contributed by atoms with Gasteiger partial charge in [0.25, 0.3) is 0 Å². The molecule has 0 aliphatic heterocycles. The molecule has 0 spiro atoms. The molecule has 0 aliphatic rings. The minimum Gasteiger partial charge on any atom is -0.263 e. The highest BCUT2D eigenvalue weighted by molar-refractivity contribution is 7.95. The second-order valence-electron chi connectivity index (χ2n) is 0.364. The third-order valence-corrected chi connectivity index (χ3v) is 0.354. The lowest BCUT2D eigenvalue weighted by molar-refractivity contribution is 0.736. The van der Waals surface area contributed by atoms with Crippen molar-refractivity contribution in [1.29, 1.82) is 0 Å². The van der Waals surface area contributed by atoms with Crippen molar-refractivity contribution in [3.05, 3.63) is 0 Å². The maximum Gasteiger partial charge on any atom is 0.0165 e. The normalized spacial score (nSPS) is 8.40. The topological polar surface area (TPSA) is 76.1 Å². The zero-order valence-corrected chi connectivity index (χ0v) is 3.38. The van der Waals surface area contributed by atoms with Crippen LogP contribution in [0, 0.1) is 0 Å². The molecule has 5 heteroatoms. The Morgan fingerprint density at radius 2 is 2.20 bits per heavy atom. The maximum absolute atomic E-state index is 4.80. The SMILES string of the molecule is NNNSN. The molecule has 0 aromatic rings. The van der Waals surface area contributed by atoms with E-state index in [1.807, 2.05) is 0 Å². The van der Waals surface area contributed by atoms with E-state index in [2.05, 4.69) is 16.2 Å². The first kappa shape index (κ1) is 5.19. The molecular weight excluding hydrogens is 88.1 g/mol. The summed E-state index contributed by atoms with van der Waals surface area (Å²) < 4.78 is 0. The molecule has 0 saturated heterocycles. The number of hydrazine groups is 2. The Bertz CT molecular complexity index is 11.1. The van der Waals surface area contributed by atoms with Crippen molar-refractivity contribution in [2.45, 2.75) is 0 Å². The van der Waals surface area contributed by atoms with Crippen molar-refractivity contribution in [1.82, 2.24) is 10.4 Å².